The van der Waals surface area contributed by atoms with E-state index in [-0.39, 0.29) is 19.1 Å². The van der Waals surface area contributed by atoms with Crippen molar-refractivity contribution in [2.45, 2.75) is 6.92 Å². The van der Waals surface area contributed by atoms with Crippen molar-refractivity contribution in [1.82, 2.24) is 14.2 Å². The number of anilines is 1. The first-order valence-electron chi connectivity index (χ1n) is 8.46. The number of urea groups is 1. The molecular weight excluding hydrogens is 371 g/mol. The fourth-order valence-electron chi connectivity index (χ4n) is 2.92. The van der Waals surface area contributed by atoms with Crippen molar-refractivity contribution in [2.75, 3.05) is 37.8 Å². The quantitative estimate of drug-likeness (QED) is 0.869. The van der Waals surface area contributed by atoms with Gasteiger partial charge in [-0.3, -0.25) is 4.98 Å². The zero-order chi connectivity index (χ0) is 19.6. The molecule has 1 fully saturated rings. The van der Waals surface area contributed by atoms with Gasteiger partial charge in [-0.15, -0.1) is 0 Å². The number of amides is 2. The van der Waals surface area contributed by atoms with Crippen LogP contribution in [0.15, 0.2) is 36.7 Å². The zero-order valence-electron chi connectivity index (χ0n) is 15.1. The van der Waals surface area contributed by atoms with Gasteiger partial charge in [-0.1, -0.05) is 12.1 Å². The highest BCUT2D eigenvalue weighted by atomic mass is 32.2. The van der Waals surface area contributed by atoms with Crippen LogP contribution in [-0.4, -0.2) is 61.1 Å². The van der Waals surface area contributed by atoms with Crippen LogP contribution in [0.2, 0.25) is 0 Å². The average molecular weight is 392 g/mol. The summed E-state index contributed by atoms with van der Waals surface area (Å²) in [7, 11) is -3.24. The van der Waals surface area contributed by atoms with Gasteiger partial charge in [0.05, 0.1) is 12.5 Å². The number of hydrogen-bond acceptors (Lipinski definition) is 4. The molecule has 0 aliphatic carbocycles. The molecule has 9 heteroatoms. The summed E-state index contributed by atoms with van der Waals surface area (Å²) in [6, 6.07) is 6.55. The Morgan fingerprint density at radius 1 is 1.11 bits per heavy atom. The van der Waals surface area contributed by atoms with Gasteiger partial charge in [0, 0.05) is 43.6 Å². The van der Waals surface area contributed by atoms with Crippen molar-refractivity contribution in [3.8, 4) is 11.1 Å². The van der Waals surface area contributed by atoms with Gasteiger partial charge in [-0.05, 0) is 30.2 Å². The Kier molecular flexibility index (Phi) is 5.43. The molecular formula is C18H21FN4O3S. The Hall–Kier alpha value is -2.52. The second-order valence-corrected chi connectivity index (χ2v) is 8.48. The molecule has 144 valence electrons. The number of sulfonamides is 1. The molecule has 2 amide bonds. The minimum Gasteiger partial charge on any atom is -0.322 e. The Morgan fingerprint density at radius 2 is 1.81 bits per heavy atom. The van der Waals surface area contributed by atoms with E-state index < -0.39 is 15.8 Å². The van der Waals surface area contributed by atoms with Crippen molar-refractivity contribution in [1.29, 1.82) is 0 Å². The maximum atomic E-state index is 13.4. The Morgan fingerprint density at radius 3 is 2.44 bits per heavy atom. The molecule has 2 heterocycles. The summed E-state index contributed by atoms with van der Waals surface area (Å²) in [5.74, 6) is -0.428. The number of piperazine rings is 1. The highest BCUT2D eigenvalue weighted by molar-refractivity contribution is 7.88. The lowest BCUT2D eigenvalue weighted by atomic mass is 10.0. The van der Waals surface area contributed by atoms with Crippen molar-refractivity contribution in [3.05, 3.63) is 48.0 Å². The maximum Gasteiger partial charge on any atom is 0.321 e. The summed E-state index contributed by atoms with van der Waals surface area (Å²) in [4.78, 5) is 18.0. The van der Waals surface area contributed by atoms with Crippen molar-refractivity contribution in [2.24, 2.45) is 0 Å². The van der Waals surface area contributed by atoms with Crippen LogP contribution in [0.3, 0.4) is 0 Å². The number of carbonyl (C=O) groups is 1. The molecule has 0 saturated carbocycles. The summed E-state index contributed by atoms with van der Waals surface area (Å²) in [6.45, 7) is 3.07. The fourth-order valence-corrected chi connectivity index (χ4v) is 3.75. The van der Waals surface area contributed by atoms with Crippen LogP contribution in [0, 0.1) is 12.7 Å². The first kappa shape index (κ1) is 19.2. The van der Waals surface area contributed by atoms with Crippen LogP contribution < -0.4 is 5.32 Å². The molecule has 2 aromatic rings. The number of halogens is 1. The largest absolute Gasteiger partial charge is 0.322 e. The van der Waals surface area contributed by atoms with Gasteiger partial charge in [0.15, 0.2) is 0 Å². The van der Waals surface area contributed by atoms with Crippen LogP contribution in [0.1, 0.15) is 5.56 Å². The third-order valence-electron chi connectivity index (χ3n) is 4.51. The normalized spacial score (nSPS) is 15.6. The lowest BCUT2D eigenvalue weighted by molar-refractivity contribution is 0.184. The molecule has 0 radical (unpaired) electrons. The molecule has 1 aromatic heterocycles. The number of rotatable bonds is 3. The van der Waals surface area contributed by atoms with Crippen LogP contribution >= 0.6 is 0 Å². The van der Waals surface area contributed by atoms with Crippen LogP contribution in [0.5, 0.6) is 0 Å². The standard InChI is InChI=1S/C18H21FN4O3S/c1-13-3-4-14(15-9-16(19)12-20-11-15)10-17(13)21-18(24)22-5-7-23(8-6-22)27(2,25)26/h3-4,9-12H,5-8H2,1-2H3,(H,21,24). The van der Waals surface area contributed by atoms with Gasteiger partial charge in [0.1, 0.15) is 5.82 Å². The number of pyridine rings is 1. The van der Waals surface area contributed by atoms with Gasteiger partial charge in [0.25, 0.3) is 0 Å². The Balaban J connectivity index is 1.72. The van der Waals surface area contributed by atoms with Crippen LogP contribution in [-0.2, 0) is 10.0 Å². The van der Waals surface area contributed by atoms with E-state index in [0.29, 0.717) is 24.3 Å². The van der Waals surface area contributed by atoms with E-state index in [9.17, 15) is 17.6 Å². The zero-order valence-corrected chi connectivity index (χ0v) is 16.0. The van der Waals surface area contributed by atoms with E-state index in [0.717, 1.165) is 17.3 Å². The summed E-state index contributed by atoms with van der Waals surface area (Å²) in [5.41, 5.74) is 2.84. The number of nitrogens with one attached hydrogen (secondary N) is 1. The number of hydrogen-bond donors (Lipinski definition) is 1. The number of nitrogens with zero attached hydrogens (tertiary/aromatic N) is 3. The molecule has 0 spiro atoms. The topological polar surface area (TPSA) is 82.6 Å². The lowest BCUT2D eigenvalue weighted by Crippen LogP contribution is -2.51. The highest BCUT2D eigenvalue weighted by Gasteiger charge is 2.26. The molecule has 1 aliphatic heterocycles. The molecule has 1 N–H and O–H groups in total. The first-order valence-corrected chi connectivity index (χ1v) is 10.3. The molecule has 0 atom stereocenters. The summed E-state index contributed by atoms with van der Waals surface area (Å²) in [6.07, 6.45) is 3.86. The maximum absolute atomic E-state index is 13.4. The van der Waals surface area contributed by atoms with Gasteiger partial charge < -0.3 is 10.2 Å². The van der Waals surface area contributed by atoms with Crippen LogP contribution in [0.4, 0.5) is 14.9 Å². The van der Waals surface area contributed by atoms with E-state index in [4.69, 9.17) is 0 Å². The summed E-state index contributed by atoms with van der Waals surface area (Å²) < 4.78 is 37.9. The van der Waals surface area contributed by atoms with Gasteiger partial charge in [-0.25, -0.2) is 17.6 Å². The second-order valence-electron chi connectivity index (χ2n) is 6.50. The van der Waals surface area contributed by atoms with Gasteiger partial charge in [-0.2, -0.15) is 4.31 Å². The van der Waals surface area contributed by atoms with E-state index in [1.807, 2.05) is 19.1 Å². The lowest BCUT2D eigenvalue weighted by Gasteiger charge is -2.33. The second kappa shape index (κ2) is 7.61. The number of benzene rings is 1. The van der Waals surface area contributed by atoms with Crippen LogP contribution in [0.25, 0.3) is 11.1 Å². The van der Waals surface area contributed by atoms with E-state index in [1.54, 1.807) is 17.2 Å². The van der Waals surface area contributed by atoms with Crippen molar-refractivity contribution >= 4 is 21.7 Å². The molecule has 3 rings (SSSR count). The smallest absolute Gasteiger partial charge is 0.321 e. The first-order chi connectivity index (χ1) is 12.7. The number of carbonyl (C=O) groups excluding carboxylic acids is 1. The minimum atomic E-state index is -3.24. The molecule has 1 aromatic carbocycles. The molecule has 1 saturated heterocycles. The highest BCUT2D eigenvalue weighted by Crippen LogP contribution is 2.25. The summed E-state index contributed by atoms with van der Waals surface area (Å²) in [5, 5.41) is 2.86. The molecule has 1 aliphatic rings. The minimum absolute atomic E-state index is 0.278. The Bertz CT molecular complexity index is 957. The van der Waals surface area contributed by atoms with Gasteiger partial charge >= 0.3 is 6.03 Å². The fraction of sp³-hybridized carbons (Fsp3) is 0.333. The molecule has 27 heavy (non-hydrogen) atoms. The third-order valence-corrected chi connectivity index (χ3v) is 5.82. The van der Waals surface area contributed by atoms with Gasteiger partial charge in [0.2, 0.25) is 10.0 Å². The van der Waals surface area contributed by atoms with Crippen molar-refractivity contribution in [3.63, 3.8) is 0 Å². The van der Waals surface area contributed by atoms with E-state index in [2.05, 4.69) is 10.3 Å². The predicted octanol–water partition coefficient (Wildman–Crippen LogP) is 2.31. The monoisotopic (exact) mass is 392 g/mol. The van der Waals surface area contributed by atoms with E-state index in [1.165, 1.54) is 16.6 Å². The molecule has 0 unspecified atom stereocenters. The number of aryl methyl sites for hydroxylation is 1. The molecule has 7 nitrogen and oxygen atoms in total. The SMILES string of the molecule is Cc1ccc(-c2cncc(F)c2)cc1NC(=O)N1CCN(S(C)(=O)=O)CC1. The predicted molar refractivity (Wildman–Crippen MR) is 101 cm³/mol. The summed E-state index contributed by atoms with van der Waals surface area (Å²) >= 11 is 0. The van der Waals surface area contributed by atoms with Crippen molar-refractivity contribution < 1.29 is 17.6 Å². The average Bonchev–Trinajstić information content (AvgIpc) is 2.63. The van der Waals surface area contributed by atoms with E-state index >= 15 is 0 Å². The Labute approximate surface area is 157 Å². The third kappa shape index (κ3) is 4.61. The number of aromatic nitrogens is 1. The molecule has 0 bridgehead atoms.